The zero-order valence-corrected chi connectivity index (χ0v) is 10.6. The quantitative estimate of drug-likeness (QED) is 0.599. The molecule has 18 heavy (non-hydrogen) atoms. The normalized spacial score (nSPS) is 13.5. The molecule has 1 rings (SSSR count). The molecule has 0 saturated heterocycles. The van der Waals surface area contributed by atoms with Crippen LogP contribution in [0.3, 0.4) is 0 Å². The second-order valence-corrected chi connectivity index (χ2v) is 3.95. The van der Waals surface area contributed by atoms with Crippen molar-refractivity contribution in [2.24, 2.45) is 0 Å². The maximum Gasteiger partial charge on any atom is 0.331 e. The van der Waals surface area contributed by atoms with Crippen molar-refractivity contribution in [3.63, 3.8) is 0 Å². The minimum Gasteiger partial charge on any atom is -0.464 e. The maximum atomic E-state index is 11.6. The third kappa shape index (κ3) is 3.72. The van der Waals surface area contributed by atoms with Gasteiger partial charge in [-0.3, -0.25) is 4.79 Å². The number of aliphatic hydroxyl groups is 1. The third-order valence-corrected chi connectivity index (χ3v) is 2.53. The molecule has 2 unspecified atom stereocenters. The largest absolute Gasteiger partial charge is 0.464 e. The molecule has 1 amide bonds. The van der Waals surface area contributed by atoms with Gasteiger partial charge in [0, 0.05) is 5.02 Å². The van der Waals surface area contributed by atoms with Gasteiger partial charge in [-0.2, -0.15) is 0 Å². The molecular weight excluding hydrogens is 258 g/mol. The first kappa shape index (κ1) is 14.5. The third-order valence-electron chi connectivity index (χ3n) is 2.29. The Kier molecular flexibility index (Phi) is 5.61. The first-order chi connectivity index (χ1) is 8.60. The number of nitrogens with one attached hydrogen (secondary N) is 1. The van der Waals surface area contributed by atoms with Crippen LogP contribution in [0.4, 0.5) is 0 Å². The number of hydrogen-bond donors (Lipinski definition) is 2. The highest BCUT2D eigenvalue weighted by Gasteiger charge is 2.28. The molecule has 0 aliphatic rings. The summed E-state index contributed by atoms with van der Waals surface area (Å²) in [7, 11) is 0. The minimum absolute atomic E-state index is 0.165. The van der Waals surface area contributed by atoms with Crippen molar-refractivity contribution < 1.29 is 19.4 Å². The van der Waals surface area contributed by atoms with Crippen LogP contribution in [-0.2, 0) is 14.3 Å². The molecule has 0 radical (unpaired) electrons. The highest BCUT2D eigenvalue weighted by molar-refractivity contribution is 6.30. The summed E-state index contributed by atoms with van der Waals surface area (Å²) < 4.78 is 4.78. The van der Waals surface area contributed by atoms with Gasteiger partial charge in [-0.05, 0) is 24.6 Å². The second kappa shape index (κ2) is 6.98. The van der Waals surface area contributed by atoms with Crippen LogP contribution >= 0.6 is 11.6 Å². The van der Waals surface area contributed by atoms with Crippen molar-refractivity contribution in [2.75, 3.05) is 6.61 Å². The molecule has 0 aliphatic carbocycles. The van der Waals surface area contributed by atoms with E-state index in [2.05, 4.69) is 5.32 Å². The smallest absolute Gasteiger partial charge is 0.331 e. The molecular formula is C12H14ClNO4. The Labute approximate surface area is 110 Å². The summed E-state index contributed by atoms with van der Waals surface area (Å²) in [4.78, 5) is 22.1. The Morgan fingerprint density at radius 2 is 2.33 bits per heavy atom. The van der Waals surface area contributed by atoms with Crippen LogP contribution in [0, 0.1) is 0 Å². The van der Waals surface area contributed by atoms with Crippen LogP contribution in [-0.4, -0.2) is 30.1 Å². The van der Waals surface area contributed by atoms with Gasteiger partial charge in [-0.15, -0.1) is 0 Å². The van der Waals surface area contributed by atoms with Crippen LogP contribution in [0.25, 0.3) is 0 Å². The van der Waals surface area contributed by atoms with Crippen LogP contribution in [0.15, 0.2) is 24.3 Å². The zero-order valence-electron chi connectivity index (χ0n) is 9.80. The molecule has 1 aromatic rings. The fraction of sp³-hybridized carbons (Fsp3) is 0.333. The Morgan fingerprint density at radius 1 is 1.61 bits per heavy atom. The van der Waals surface area contributed by atoms with E-state index in [9.17, 15) is 14.7 Å². The van der Waals surface area contributed by atoms with Gasteiger partial charge in [-0.1, -0.05) is 23.7 Å². The number of benzene rings is 1. The molecule has 0 aliphatic heterocycles. The van der Waals surface area contributed by atoms with Crippen molar-refractivity contribution in [1.82, 2.24) is 5.32 Å². The predicted octanol–water partition coefficient (Wildman–Crippen LogP) is 1.05. The molecule has 0 spiro atoms. The van der Waals surface area contributed by atoms with Crippen molar-refractivity contribution in [3.8, 4) is 0 Å². The summed E-state index contributed by atoms with van der Waals surface area (Å²) in [5, 5.41) is 12.7. The summed E-state index contributed by atoms with van der Waals surface area (Å²) in [5.41, 5.74) is 0.426. The minimum atomic E-state index is -1.21. The number of aliphatic hydroxyl groups excluding tert-OH is 1. The van der Waals surface area contributed by atoms with Gasteiger partial charge in [0.15, 0.2) is 6.04 Å². The highest BCUT2D eigenvalue weighted by atomic mass is 35.5. The van der Waals surface area contributed by atoms with E-state index < -0.39 is 18.1 Å². The lowest BCUT2D eigenvalue weighted by Crippen LogP contribution is -2.42. The van der Waals surface area contributed by atoms with E-state index in [-0.39, 0.29) is 6.61 Å². The average Bonchev–Trinajstić information content (AvgIpc) is 2.35. The van der Waals surface area contributed by atoms with Crippen LogP contribution < -0.4 is 5.32 Å². The number of amides is 1. The van der Waals surface area contributed by atoms with Gasteiger partial charge in [0.1, 0.15) is 6.10 Å². The number of carbonyl (C=O) groups is 2. The summed E-state index contributed by atoms with van der Waals surface area (Å²) in [6.07, 6.45) is -0.872. The van der Waals surface area contributed by atoms with Crippen LogP contribution in [0.5, 0.6) is 0 Å². The maximum absolute atomic E-state index is 11.6. The zero-order chi connectivity index (χ0) is 13.5. The Morgan fingerprint density at radius 3 is 2.89 bits per heavy atom. The summed E-state index contributed by atoms with van der Waals surface area (Å²) in [6.45, 7) is 1.81. The van der Waals surface area contributed by atoms with Crippen LogP contribution in [0.2, 0.25) is 5.02 Å². The molecule has 2 atom stereocenters. The molecule has 5 nitrogen and oxygen atoms in total. The Balaban J connectivity index is 2.91. The summed E-state index contributed by atoms with van der Waals surface area (Å²) in [6, 6.07) is 5.26. The second-order valence-electron chi connectivity index (χ2n) is 3.51. The number of hydrogen-bond acceptors (Lipinski definition) is 4. The molecule has 0 heterocycles. The van der Waals surface area contributed by atoms with E-state index >= 15 is 0 Å². The molecule has 0 fully saturated rings. The number of esters is 1. The number of carbonyl (C=O) groups excluding carboxylic acids is 2. The SMILES string of the molecule is CCOC(=O)C(NC=O)C(O)c1cccc(Cl)c1. The molecule has 2 N–H and O–H groups in total. The van der Waals surface area contributed by atoms with E-state index in [1.54, 1.807) is 25.1 Å². The molecule has 0 saturated carbocycles. The first-order valence-electron chi connectivity index (χ1n) is 5.40. The number of rotatable bonds is 6. The molecule has 0 aromatic heterocycles. The van der Waals surface area contributed by atoms with Gasteiger partial charge < -0.3 is 15.2 Å². The fourth-order valence-corrected chi connectivity index (χ4v) is 1.68. The first-order valence-corrected chi connectivity index (χ1v) is 5.77. The average molecular weight is 272 g/mol. The molecule has 0 bridgehead atoms. The fourth-order valence-electron chi connectivity index (χ4n) is 1.48. The van der Waals surface area contributed by atoms with Gasteiger partial charge in [0.05, 0.1) is 6.61 Å². The number of halogens is 1. The van der Waals surface area contributed by atoms with Crippen molar-refractivity contribution >= 4 is 24.0 Å². The molecule has 1 aromatic carbocycles. The van der Waals surface area contributed by atoms with E-state index in [1.807, 2.05) is 0 Å². The van der Waals surface area contributed by atoms with E-state index in [4.69, 9.17) is 16.3 Å². The lowest BCUT2D eigenvalue weighted by Gasteiger charge is -2.20. The highest BCUT2D eigenvalue weighted by Crippen LogP contribution is 2.21. The van der Waals surface area contributed by atoms with Gasteiger partial charge in [-0.25, -0.2) is 4.79 Å². The van der Waals surface area contributed by atoms with Crippen LogP contribution in [0.1, 0.15) is 18.6 Å². The Bertz CT molecular complexity index is 424. The van der Waals surface area contributed by atoms with Crippen molar-refractivity contribution in [1.29, 1.82) is 0 Å². The Hall–Kier alpha value is -1.59. The lowest BCUT2D eigenvalue weighted by molar-refractivity contribution is -0.149. The monoisotopic (exact) mass is 271 g/mol. The standard InChI is InChI=1S/C12H14ClNO4/c1-2-18-12(17)10(14-7-15)11(16)8-4-3-5-9(13)6-8/h3-7,10-11,16H,2H2,1H3,(H,14,15). The summed E-state index contributed by atoms with van der Waals surface area (Å²) >= 11 is 5.79. The summed E-state index contributed by atoms with van der Waals surface area (Å²) in [5.74, 6) is -0.697. The molecule has 98 valence electrons. The van der Waals surface area contributed by atoms with E-state index in [0.29, 0.717) is 17.0 Å². The topological polar surface area (TPSA) is 75.6 Å². The van der Waals surface area contributed by atoms with Gasteiger partial charge in [0.25, 0.3) is 0 Å². The lowest BCUT2D eigenvalue weighted by atomic mass is 10.0. The van der Waals surface area contributed by atoms with E-state index in [1.165, 1.54) is 6.07 Å². The van der Waals surface area contributed by atoms with Crippen molar-refractivity contribution in [2.45, 2.75) is 19.1 Å². The number of ether oxygens (including phenoxy) is 1. The van der Waals surface area contributed by atoms with E-state index in [0.717, 1.165) is 0 Å². The van der Waals surface area contributed by atoms with Crippen molar-refractivity contribution in [3.05, 3.63) is 34.9 Å². The van der Waals surface area contributed by atoms with Gasteiger partial charge in [0.2, 0.25) is 6.41 Å². The molecule has 6 heteroatoms. The predicted molar refractivity (Wildman–Crippen MR) is 66.0 cm³/mol. The van der Waals surface area contributed by atoms with Gasteiger partial charge >= 0.3 is 5.97 Å².